The van der Waals surface area contributed by atoms with Crippen LogP contribution in [0.2, 0.25) is 0 Å². The molecule has 0 aliphatic rings. The molecule has 1 atom stereocenters. The maximum absolute atomic E-state index is 13.6. The fourth-order valence-electron chi connectivity index (χ4n) is 2.74. The lowest BCUT2D eigenvalue weighted by Gasteiger charge is -2.20. The van der Waals surface area contributed by atoms with Gasteiger partial charge in [0.2, 0.25) is 11.8 Å². The van der Waals surface area contributed by atoms with Gasteiger partial charge < -0.3 is 10.6 Å². The molecular formula is C21H22F3N3O3. The van der Waals surface area contributed by atoms with Crippen molar-refractivity contribution in [3.63, 3.8) is 0 Å². The van der Waals surface area contributed by atoms with Crippen molar-refractivity contribution in [3.8, 4) is 0 Å². The quantitative estimate of drug-likeness (QED) is 0.609. The SMILES string of the molecule is CC(=O)[C@@H](Cc1ccccc1)NC(=O)CN(C)CC(=O)Nc1ccc(F)c(F)c1F. The number of Topliss-reactive ketones (excluding diaryl/α,β-unsaturated/α-hetero) is 1. The molecule has 2 rings (SSSR count). The Morgan fingerprint density at radius 3 is 2.20 bits per heavy atom. The first kappa shape index (κ1) is 23.1. The number of nitrogens with one attached hydrogen (secondary N) is 2. The second kappa shape index (κ2) is 10.5. The molecule has 0 saturated carbocycles. The molecule has 0 aromatic heterocycles. The summed E-state index contributed by atoms with van der Waals surface area (Å²) in [6, 6.07) is 10.1. The van der Waals surface area contributed by atoms with Crippen molar-refractivity contribution < 1.29 is 27.6 Å². The Morgan fingerprint density at radius 2 is 1.57 bits per heavy atom. The Bertz CT molecular complexity index is 922. The van der Waals surface area contributed by atoms with Crippen molar-refractivity contribution in [2.24, 2.45) is 0 Å². The minimum absolute atomic E-state index is 0.202. The predicted molar refractivity (Wildman–Crippen MR) is 105 cm³/mol. The smallest absolute Gasteiger partial charge is 0.238 e. The van der Waals surface area contributed by atoms with Crippen molar-refractivity contribution in [2.45, 2.75) is 19.4 Å². The number of hydrogen-bond donors (Lipinski definition) is 2. The van der Waals surface area contributed by atoms with Crippen LogP contribution in [-0.2, 0) is 20.8 Å². The van der Waals surface area contributed by atoms with Gasteiger partial charge in [0.1, 0.15) is 0 Å². The summed E-state index contributed by atoms with van der Waals surface area (Å²) in [5.41, 5.74) is 0.385. The van der Waals surface area contributed by atoms with E-state index in [2.05, 4.69) is 10.6 Å². The average Bonchev–Trinajstić information content (AvgIpc) is 2.68. The van der Waals surface area contributed by atoms with E-state index in [4.69, 9.17) is 0 Å². The molecule has 0 saturated heterocycles. The van der Waals surface area contributed by atoms with Crippen molar-refractivity contribution in [3.05, 3.63) is 65.5 Å². The van der Waals surface area contributed by atoms with Crippen LogP contribution in [0.15, 0.2) is 42.5 Å². The summed E-state index contributed by atoms with van der Waals surface area (Å²) in [6.07, 6.45) is 0.335. The highest BCUT2D eigenvalue weighted by molar-refractivity contribution is 5.93. The van der Waals surface area contributed by atoms with Gasteiger partial charge in [-0.2, -0.15) is 0 Å². The highest BCUT2D eigenvalue weighted by Crippen LogP contribution is 2.19. The molecule has 0 spiro atoms. The Balaban J connectivity index is 1.87. The number of amides is 2. The van der Waals surface area contributed by atoms with Crippen LogP contribution in [0.1, 0.15) is 12.5 Å². The zero-order valence-corrected chi connectivity index (χ0v) is 16.5. The molecule has 2 amide bonds. The molecule has 0 bridgehead atoms. The van der Waals surface area contributed by atoms with Crippen LogP contribution >= 0.6 is 0 Å². The summed E-state index contributed by atoms with van der Waals surface area (Å²) < 4.78 is 39.8. The predicted octanol–water partition coefficient (Wildman–Crippen LogP) is 2.29. The molecule has 2 N–H and O–H groups in total. The number of anilines is 1. The van der Waals surface area contributed by atoms with Gasteiger partial charge in [-0.1, -0.05) is 30.3 Å². The molecular weight excluding hydrogens is 399 g/mol. The van der Waals surface area contributed by atoms with Crippen molar-refractivity contribution in [1.29, 1.82) is 0 Å². The number of hydrogen-bond acceptors (Lipinski definition) is 4. The van der Waals surface area contributed by atoms with Gasteiger partial charge in [0, 0.05) is 0 Å². The van der Waals surface area contributed by atoms with Gasteiger partial charge in [0.05, 0.1) is 24.8 Å². The molecule has 0 fully saturated rings. The van der Waals surface area contributed by atoms with Crippen LogP contribution in [0.25, 0.3) is 0 Å². The summed E-state index contributed by atoms with van der Waals surface area (Å²) in [5, 5.41) is 4.75. The highest BCUT2D eigenvalue weighted by atomic mass is 19.2. The van der Waals surface area contributed by atoms with Crippen LogP contribution < -0.4 is 10.6 Å². The fraction of sp³-hybridized carbons (Fsp3) is 0.286. The van der Waals surface area contributed by atoms with Crippen molar-refractivity contribution in [1.82, 2.24) is 10.2 Å². The zero-order chi connectivity index (χ0) is 22.3. The number of carbonyl (C=O) groups is 3. The first-order valence-corrected chi connectivity index (χ1v) is 9.13. The van der Waals surface area contributed by atoms with E-state index in [1.165, 1.54) is 18.9 Å². The summed E-state index contributed by atoms with van der Waals surface area (Å²) in [6.45, 7) is 0.864. The molecule has 9 heteroatoms. The molecule has 2 aromatic carbocycles. The van der Waals surface area contributed by atoms with E-state index in [9.17, 15) is 27.6 Å². The lowest BCUT2D eigenvalue weighted by Crippen LogP contribution is -2.46. The van der Waals surface area contributed by atoms with E-state index in [1.807, 2.05) is 30.3 Å². The number of likely N-dealkylation sites (N-methyl/N-ethyl adjacent to an activating group) is 1. The minimum Gasteiger partial charge on any atom is -0.345 e. The van der Waals surface area contributed by atoms with E-state index in [1.54, 1.807) is 0 Å². The summed E-state index contributed by atoms with van der Waals surface area (Å²) in [4.78, 5) is 37.4. The van der Waals surface area contributed by atoms with Crippen LogP contribution in [-0.4, -0.2) is 48.7 Å². The van der Waals surface area contributed by atoms with E-state index in [0.717, 1.165) is 11.6 Å². The summed E-state index contributed by atoms with van der Waals surface area (Å²) in [7, 11) is 1.47. The molecule has 0 heterocycles. The number of benzene rings is 2. The highest BCUT2D eigenvalue weighted by Gasteiger charge is 2.20. The standard InChI is InChI=1S/C21H22F3N3O3/c1-13(28)17(10-14-6-4-3-5-7-14)26-19(30)12-27(2)11-18(29)25-16-9-8-15(22)20(23)21(16)24/h3-9,17H,10-12H2,1-2H3,(H,25,29)(H,26,30)/t17-/m1/s1. The summed E-state index contributed by atoms with van der Waals surface area (Å²) >= 11 is 0. The molecule has 2 aromatic rings. The molecule has 160 valence electrons. The maximum atomic E-state index is 13.6. The zero-order valence-electron chi connectivity index (χ0n) is 16.5. The Labute approximate surface area is 172 Å². The van der Waals surface area contributed by atoms with Crippen LogP contribution in [0.4, 0.5) is 18.9 Å². The second-order valence-electron chi connectivity index (χ2n) is 6.86. The molecule has 6 nitrogen and oxygen atoms in total. The van der Waals surface area contributed by atoms with Gasteiger partial charge in [-0.25, -0.2) is 13.2 Å². The third kappa shape index (κ3) is 6.70. The van der Waals surface area contributed by atoms with Crippen LogP contribution in [0.3, 0.4) is 0 Å². The largest absolute Gasteiger partial charge is 0.345 e. The molecule has 0 aliphatic carbocycles. The van der Waals surface area contributed by atoms with E-state index in [0.29, 0.717) is 12.5 Å². The Hall–Kier alpha value is -3.20. The molecule has 30 heavy (non-hydrogen) atoms. The minimum atomic E-state index is -1.69. The number of ketones is 1. The van der Waals surface area contributed by atoms with Crippen molar-refractivity contribution >= 4 is 23.3 Å². The van der Waals surface area contributed by atoms with Crippen LogP contribution in [0, 0.1) is 17.5 Å². The maximum Gasteiger partial charge on any atom is 0.238 e. The first-order valence-electron chi connectivity index (χ1n) is 9.13. The number of rotatable bonds is 9. The Morgan fingerprint density at radius 1 is 0.933 bits per heavy atom. The number of halogens is 3. The Kier molecular flexibility index (Phi) is 8.11. The molecule has 0 unspecified atom stereocenters. The van der Waals surface area contributed by atoms with Crippen molar-refractivity contribution in [2.75, 3.05) is 25.5 Å². The first-order chi connectivity index (χ1) is 14.2. The topological polar surface area (TPSA) is 78.5 Å². The third-order valence-corrected chi connectivity index (χ3v) is 4.24. The lowest BCUT2D eigenvalue weighted by molar-refractivity contribution is -0.128. The van der Waals surface area contributed by atoms with E-state index >= 15 is 0 Å². The van der Waals surface area contributed by atoms with E-state index in [-0.39, 0.29) is 18.9 Å². The molecule has 0 radical (unpaired) electrons. The average molecular weight is 421 g/mol. The van der Waals surface area contributed by atoms with Crippen LogP contribution in [0.5, 0.6) is 0 Å². The molecule has 0 aliphatic heterocycles. The fourth-order valence-corrected chi connectivity index (χ4v) is 2.74. The van der Waals surface area contributed by atoms with Gasteiger partial charge in [-0.05, 0) is 38.1 Å². The second-order valence-corrected chi connectivity index (χ2v) is 6.86. The lowest BCUT2D eigenvalue weighted by atomic mass is 10.0. The van der Waals surface area contributed by atoms with Gasteiger partial charge >= 0.3 is 0 Å². The monoisotopic (exact) mass is 421 g/mol. The third-order valence-electron chi connectivity index (χ3n) is 4.24. The van der Waals surface area contributed by atoms with E-state index < -0.39 is 41.0 Å². The number of nitrogens with zero attached hydrogens (tertiary/aromatic N) is 1. The summed E-state index contributed by atoms with van der Waals surface area (Å²) in [5.74, 6) is -5.96. The van der Waals surface area contributed by atoms with Gasteiger partial charge in [-0.3, -0.25) is 19.3 Å². The normalized spacial score (nSPS) is 11.8. The number of carbonyl (C=O) groups excluding carboxylic acids is 3. The van der Waals surface area contributed by atoms with Gasteiger partial charge in [-0.15, -0.1) is 0 Å². The van der Waals surface area contributed by atoms with Gasteiger partial charge in [0.25, 0.3) is 0 Å². The van der Waals surface area contributed by atoms with Gasteiger partial charge in [0.15, 0.2) is 23.2 Å².